The molecule has 0 radical (unpaired) electrons. The molecule has 4 rings (SSSR count). The molecule has 1 aromatic heterocycles. The van der Waals surface area contributed by atoms with Gasteiger partial charge in [-0.15, -0.1) is 0 Å². The van der Waals surface area contributed by atoms with Gasteiger partial charge < -0.3 is 29.2 Å². The van der Waals surface area contributed by atoms with E-state index in [4.69, 9.17) is 9.47 Å². The predicted molar refractivity (Wildman–Crippen MR) is 139 cm³/mol. The highest BCUT2D eigenvalue weighted by Gasteiger charge is 2.29. The van der Waals surface area contributed by atoms with Crippen LogP contribution in [0.2, 0.25) is 0 Å². The Hall–Kier alpha value is -4.34. The molecular weight excluding hydrogens is 476 g/mol. The first-order chi connectivity index (χ1) is 17.8. The van der Waals surface area contributed by atoms with E-state index in [1.165, 1.54) is 13.1 Å². The summed E-state index contributed by atoms with van der Waals surface area (Å²) in [5, 5.41) is 3.17. The SMILES string of the molecule is CCOC(=O)Cn1cc(C(=O)C(=O)N2CCN(c3ccc(OC)cc3)CC2)c2cc(NC(C)=O)ccc21. The van der Waals surface area contributed by atoms with Crippen molar-refractivity contribution in [2.24, 2.45) is 0 Å². The number of aromatic nitrogens is 1. The van der Waals surface area contributed by atoms with E-state index in [0.29, 0.717) is 42.8 Å². The van der Waals surface area contributed by atoms with E-state index in [1.807, 2.05) is 24.3 Å². The fourth-order valence-corrected chi connectivity index (χ4v) is 4.46. The number of ether oxygens (including phenoxy) is 2. The number of hydrogen-bond donors (Lipinski definition) is 1. The van der Waals surface area contributed by atoms with Crippen molar-refractivity contribution >= 4 is 45.8 Å². The zero-order valence-corrected chi connectivity index (χ0v) is 21.2. The molecule has 0 spiro atoms. The second kappa shape index (κ2) is 11.2. The number of piperazine rings is 1. The van der Waals surface area contributed by atoms with Crippen LogP contribution in [0, 0.1) is 0 Å². The van der Waals surface area contributed by atoms with E-state index in [-0.39, 0.29) is 24.6 Å². The van der Waals surface area contributed by atoms with Gasteiger partial charge in [0.2, 0.25) is 5.91 Å². The smallest absolute Gasteiger partial charge is 0.325 e. The minimum Gasteiger partial charge on any atom is -0.497 e. The second-order valence-electron chi connectivity index (χ2n) is 8.70. The summed E-state index contributed by atoms with van der Waals surface area (Å²) in [6.07, 6.45) is 1.51. The largest absolute Gasteiger partial charge is 0.497 e. The van der Waals surface area contributed by atoms with Gasteiger partial charge in [0.1, 0.15) is 12.3 Å². The van der Waals surface area contributed by atoms with Crippen molar-refractivity contribution in [2.45, 2.75) is 20.4 Å². The van der Waals surface area contributed by atoms with E-state index in [1.54, 1.807) is 41.7 Å². The lowest BCUT2D eigenvalue weighted by Crippen LogP contribution is -2.50. The van der Waals surface area contributed by atoms with Gasteiger partial charge in [-0.05, 0) is 49.4 Å². The number of hydrogen-bond acceptors (Lipinski definition) is 7. The molecule has 1 aliphatic heterocycles. The van der Waals surface area contributed by atoms with Crippen LogP contribution in [-0.4, -0.2) is 72.9 Å². The lowest BCUT2D eigenvalue weighted by Gasteiger charge is -2.35. The number of amides is 2. The van der Waals surface area contributed by atoms with Gasteiger partial charge in [-0.3, -0.25) is 19.2 Å². The molecule has 10 heteroatoms. The predicted octanol–water partition coefficient (Wildman–Crippen LogP) is 2.70. The van der Waals surface area contributed by atoms with E-state index in [0.717, 1.165) is 11.4 Å². The van der Waals surface area contributed by atoms with Crippen molar-refractivity contribution < 1.29 is 28.7 Å². The van der Waals surface area contributed by atoms with Gasteiger partial charge in [-0.2, -0.15) is 0 Å². The lowest BCUT2D eigenvalue weighted by molar-refractivity contribution is -0.143. The molecular formula is C27H30N4O6. The number of benzene rings is 2. The molecule has 2 amide bonds. The van der Waals surface area contributed by atoms with Gasteiger partial charge >= 0.3 is 5.97 Å². The highest BCUT2D eigenvalue weighted by molar-refractivity contribution is 6.45. The van der Waals surface area contributed by atoms with Crippen molar-refractivity contribution in [3.8, 4) is 5.75 Å². The fourth-order valence-electron chi connectivity index (χ4n) is 4.46. The van der Waals surface area contributed by atoms with Crippen molar-refractivity contribution in [3.05, 3.63) is 54.2 Å². The Morgan fingerprint density at radius 3 is 2.30 bits per heavy atom. The number of rotatable bonds is 8. The number of nitrogens with one attached hydrogen (secondary N) is 1. The Morgan fingerprint density at radius 1 is 0.973 bits per heavy atom. The van der Waals surface area contributed by atoms with Gasteiger partial charge in [0.15, 0.2) is 0 Å². The molecule has 0 atom stereocenters. The van der Waals surface area contributed by atoms with Crippen LogP contribution in [0.15, 0.2) is 48.7 Å². The zero-order valence-electron chi connectivity index (χ0n) is 21.2. The maximum absolute atomic E-state index is 13.4. The number of esters is 1. The Morgan fingerprint density at radius 2 is 1.68 bits per heavy atom. The first-order valence-corrected chi connectivity index (χ1v) is 12.1. The molecule has 10 nitrogen and oxygen atoms in total. The third kappa shape index (κ3) is 5.74. The Bertz CT molecular complexity index is 1320. The monoisotopic (exact) mass is 506 g/mol. The van der Waals surface area contributed by atoms with Crippen molar-refractivity contribution in [1.29, 1.82) is 0 Å². The average Bonchev–Trinajstić information content (AvgIpc) is 3.25. The van der Waals surface area contributed by atoms with Gasteiger partial charge in [-0.1, -0.05) is 0 Å². The van der Waals surface area contributed by atoms with E-state index in [2.05, 4.69) is 10.2 Å². The first kappa shape index (κ1) is 25.7. The molecule has 194 valence electrons. The topological polar surface area (TPSA) is 110 Å². The van der Waals surface area contributed by atoms with Gasteiger partial charge in [0.25, 0.3) is 11.7 Å². The normalized spacial score (nSPS) is 13.4. The summed E-state index contributed by atoms with van der Waals surface area (Å²) in [4.78, 5) is 54.0. The average molecular weight is 507 g/mol. The summed E-state index contributed by atoms with van der Waals surface area (Å²) < 4.78 is 11.9. The molecule has 1 N–H and O–H groups in total. The molecule has 2 aromatic carbocycles. The number of methoxy groups -OCH3 is 1. The number of carbonyl (C=O) groups is 4. The Kier molecular flexibility index (Phi) is 7.76. The zero-order chi connectivity index (χ0) is 26.5. The Labute approximate surface area is 214 Å². The molecule has 1 saturated heterocycles. The fraction of sp³-hybridized carbons (Fsp3) is 0.333. The minimum absolute atomic E-state index is 0.105. The van der Waals surface area contributed by atoms with Crippen molar-refractivity contribution in [3.63, 3.8) is 0 Å². The number of carbonyl (C=O) groups excluding carboxylic acids is 4. The maximum atomic E-state index is 13.4. The highest BCUT2D eigenvalue weighted by atomic mass is 16.5. The van der Waals surface area contributed by atoms with Gasteiger partial charge in [0, 0.05) is 61.6 Å². The van der Waals surface area contributed by atoms with Gasteiger partial charge in [0.05, 0.1) is 19.3 Å². The third-order valence-electron chi connectivity index (χ3n) is 6.25. The van der Waals surface area contributed by atoms with Gasteiger partial charge in [-0.25, -0.2) is 0 Å². The van der Waals surface area contributed by atoms with E-state index < -0.39 is 17.7 Å². The maximum Gasteiger partial charge on any atom is 0.325 e. The molecule has 0 unspecified atom stereocenters. The number of nitrogens with zero attached hydrogens (tertiary/aromatic N) is 3. The number of ketones is 1. The third-order valence-corrected chi connectivity index (χ3v) is 6.25. The summed E-state index contributed by atoms with van der Waals surface area (Å²) in [7, 11) is 1.62. The van der Waals surface area contributed by atoms with Crippen LogP contribution in [-0.2, 0) is 25.7 Å². The molecule has 0 aliphatic carbocycles. The molecule has 1 fully saturated rings. The summed E-state index contributed by atoms with van der Waals surface area (Å²) in [5.41, 5.74) is 2.27. The standard InChI is InChI=1S/C27H30N4O6/c1-4-37-25(33)17-31-16-23(22-15-19(28-18(2)32)5-10-24(22)31)26(34)27(35)30-13-11-29(12-14-30)20-6-8-21(36-3)9-7-20/h5-10,15-16H,4,11-14,17H2,1-3H3,(H,28,32). The van der Waals surface area contributed by atoms with Crippen LogP contribution in [0.25, 0.3) is 10.9 Å². The number of anilines is 2. The van der Waals surface area contributed by atoms with Crippen molar-refractivity contribution in [1.82, 2.24) is 9.47 Å². The molecule has 37 heavy (non-hydrogen) atoms. The van der Waals surface area contributed by atoms with Crippen LogP contribution in [0.3, 0.4) is 0 Å². The first-order valence-electron chi connectivity index (χ1n) is 12.1. The Balaban J connectivity index is 1.54. The highest BCUT2D eigenvalue weighted by Crippen LogP contribution is 2.27. The van der Waals surface area contributed by atoms with Crippen LogP contribution >= 0.6 is 0 Å². The summed E-state index contributed by atoms with van der Waals surface area (Å²) in [6.45, 7) is 5.20. The molecule has 1 aliphatic rings. The molecule has 3 aromatic rings. The number of fused-ring (bicyclic) bond motifs is 1. The van der Waals surface area contributed by atoms with Crippen LogP contribution < -0.4 is 15.0 Å². The van der Waals surface area contributed by atoms with Crippen LogP contribution in [0.4, 0.5) is 11.4 Å². The van der Waals surface area contributed by atoms with Crippen LogP contribution in [0.1, 0.15) is 24.2 Å². The lowest BCUT2D eigenvalue weighted by atomic mass is 10.1. The summed E-state index contributed by atoms with van der Waals surface area (Å²) in [6, 6.07) is 12.7. The summed E-state index contributed by atoms with van der Waals surface area (Å²) in [5.74, 6) is -1.21. The van der Waals surface area contributed by atoms with E-state index in [9.17, 15) is 19.2 Å². The molecule has 0 saturated carbocycles. The number of Topliss-reactive ketones (excluding diaryl/α,β-unsaturated/α-hetero) is 1. The second-order valence-corrected chi connectivity index (χ2v) is 8.70. The van der Waals surface area contributed by atoms with Crippen LogP contribution in [0.5, 0.6) is 5.75 Å². The van der Waals surface area contributed by atoms with Crippen molar-refractivity contribution in [2.75, 3.05) is 50.1 Å². The summed E-state index contributed by atoms with van der Waals surface area (Å²) >= 11 is 0. The minimum atomic E-state index is -0.662. The van der Waals surface area contributed by atoms with E-state index >= 15 is 0 Å². The molecule has 0 bridgehead atoms. The quantitative estimate of drug-likeness (QED) is 0.284. The molecule has 2 heterocycles.